The summed E-state index contributed by atoms with van der Waals surface area (Å²) >= 11 is 0. The molecule has 15 atom stereocenters. The van der Waals surface area contributed by atoms with Gasteiger partial charge in [0.2, 0.25) is 5.79 Å². The molecule has 2 bridgehead atoms. The molecule has 0 unspecified atom stereocenters. The predicted octanol–water partition coefficient (Wildman–Crippen LogP) is 7.52. The second-order valence-electron chi connectivity index (χ2n) is 23.5. The van der Waals surface area contributed by atoms with Crippen molar-refractivity contribution in [2.75, 3.05) is 41.1 Å². The van der Waals surface area contributed by atoms with Gasteiger partial charge < -0.3 is 53.0 Å². The molecular formula is C59H91NO16. The van der Waals surface area contributed by atoms with Gasteiger partial charge in [-0.3, -0.25) is 24.0 Å². The number of methoxy groups -OCH3 is 3. The summed E-state index contributed by atoms with van der Waals surface area (Å²) in [5, 5.41) is 23.6. The minimum atomic E-state index is -2.46. The number of rotatable bonds is 8. The van der Waals surface area contributed by atoms with E-state index in [1.54, 1.807) is 61.8 Å². The van der Waals surface area contributed by atoms with E-state index in [0.717, 1.165) is 5.57 Å². The van der Waals surface area contributed by atoms with Gasteiger partial charge in [0.05, 0.1) is 31.5 Å². The van der Waals surface area contributed by atoms with Gasteiger partial charge in [-0.15, -0.1) is 0 Å². The summed E-state index contributed by atoms with van der Waals surface area (Å²) in [4.78, 5) is 86.3. The predicted molar refractivity (Wildman–Crippen MR) is 283 cm³/mol. The summed E-state index contributed by atoms with van der Waals surface area (Å²) in [7, 11) is 4.52. The van der Waals surface area contributed by atoms with Crippen LogP contribution in [0.15, 0.2) is 47.6 Å². The second kappa shape index (κ2) is 27.8. The normalized spacial score (nSPS) is 38.8. The molecule has 3 saturated heterocycles. The summed E-state index contributed by atoms with van der Waals surface area (Å²) in [6.07, 6.45) is 10.5. The molecule has 1 aliphatic carbocycles. The van der Waals surface area contributed by atoms with Gasteiger partial charge in [-0.25, -0.2) is 4.79 Å². The zero-order valence-electron chi connectivity index (χ0n) is 47.7. The van der Waals surface area contributed by atoms with E-state index in [-0.39, 0.29) is 56.0 Å². The minimum Gasteiger partial charge on any atom is -0.460 e. The highest BCUT2D eigenvalue weighted by atomic mass is 16.7. The number of carbonyl (C=O) groups is 6. The van der Waals surface area contributed by atoms with Crippen LogP contribution < -0.4 is 0 Å². The Labute approximate surface area is 451 Å². The summed E-state index contributed by atoms with van der Waals surface area (Å²) in [6, 6.07) is -1.18. The van der Waals surface area contributed by atoms with Crippen LogP contribution in [0, 0.1) is 40.9 Å². The summed E-state index contributed by atoms with van der Waals surface area (Å²) in [6.45, 7) is 18.3. The number of aliphatic hydroxyl groups excluding tert-OH is 1. The van der Waals surface area contributed by atoms with Crippen LogP contribution in [0.4, 0.5) is 0 Å². The highest BCUT2D eigenvalue weighted by Crippen LogP contribution is 2.39. The van der Waals surface area contributed by atoms with Crippen LogP contribution >= 0.6 is 0 Å². The van der Waals surface area contributed by atoms with Gasteiger partial charge >= 0.3 is 11.9 Å². The maximum Gasteiger partial charge on any atom is 0.329 e. The fraction of sp³-hybridized carbons (Fsp3) is 0.763. The molecule has 0 aromatic rings. The van der Waals surface area contributed by atoms with E-state index in [1.165, 1.54) is 12.0 Å². The Morgan fingerprint density at radius 2 is 1.53 bits per heavy atom. The number of Topliss-reactive ketones (excluding diaryl/α,β-unsaturated/α-hetero) is 3. The van der Waals surface area contributed by atoms with Crippen LogP contribution in [-0.4, -0.2) is 152 Å². The van der Waals surface area contributed by atoms with Crippen molar-refractivity contribution in [3.63, 3.8) is 0 Å². The Hall–Kier alpha value is -3.94. The lowest BCUT2D eigenvalue weighted by atomic mass is 9.78. The van der Waals surface area contributed by atoms with Crippen LogP contribution in [0.2, 0.25) is 0 Å². The van der Waals surface area contributed by atoms with E-state index in [2.05, 4.69) is 0 Å². The molecule has 4 heterocycles. The van der Waals surface area contributed by atoms with Gasteiger partial charge in [0, 0.05) is 58.5 Å². The number of piperidine rings is 1. The fourth-order valence-electron chi connectivity index (χ4n) is 11.4. The summed E-state index contributed by atoms with van der Waals surface area (Å²) in [5.41, 5.74) is 0.243. The first-order valence-corrected chi connectivity index (χ1v) is 27.8. The van der Waals surface area contributed by atoms with Crippen molar-refractivity contribution in [2.45, 2.75) is 207 Å². The van der Waals surface area contributed by atoms with E-state index < -0.39 is 113 Å². The number of allylic oxidation sites excluding steroid dienone is 6. The Morgan fingerprint density at radius 1 is 0.829 bits per heavy atom. The molecule has 4 aliphatic heterocycles. The first-order valence-electron chi connectivity index (χ1n) is 27.8. The van der Waals surface area contributed by atoms with Crippen LogP contribution in [0.5, 0.6) is 0 Å². The molecule has 1 saturated carbocycles. The third-order valence-corrected chi connectivity index (χ3v) is 16.7. The number of fused-ring (bicyclic) bond motifs is 3. The molecule has 2 N–H and O–H groups in total. The second-order valence-corrected chi connectivity index (χ2v) is 23.5. The number of ketones is 3. The molecule has 428 valence electrons. The molecule has 17 heteroatoms. The standard InChI is InChI=1S/C59H91NO16/c1-35-19-15-14-16-20-36(2)47(69-11)31-43-24-22-41(7)59(68,76-43)53(64)54(65)60-26-18-17-21-44(60)55(66)74-48(32-45(61)37(3)28-40(6)51(63)52(71-13)50(62)39(5)27-35)38(4)29-42-23-25-46(49(30-42)70-12)75-56(67)58(10)33-72-57(8,9)73-34-58/h14-16,19-20,28,35,37-39,41-44,46-49,51-52,63,68H,17-18,21-27,29-34H2,1-13H3/b16-14+,19-15-,36-20+,40-28+/t35-,37-,38-,39-,41-,42+,43+,44+,46-,47-,48+,49-,51-,52+,59-/m1/s1. The maximum atomic E-state index is 14.6. The molecule has 0 spiro atoms. The van der Waals surface area contributed by atoms with Crippen molar-refractivity contribution < 1.29 is 76.9 Å². The first kappa shape index (κ1) is 62.9. The number of aliphatic hydroxyl groups is 2. The van der Waals surface area contributed by atoms with Crippen LogP contribution in [0.1, 0.15) is 146 Å². The SMILES string of the molecule is CO[C@@H]1C[C@@H]2CC[C@@H](C)[C@@](O)(O2)C(=O)C(=O)N2CCCC[C@H]2C(=O)O[C@H]([C@H](C)C[C@@H]2CC[C@@H](OC(=O)C3(C)COC(C)(C)OC3)[C@H](OC)C2)CC(=O)[C@H](C)/C=C(\C)[C@@H](O)[C@@H](OC)C(=O)[C@H](C)C[C@H](C)\C=C/C=C/C=C/1C. The number of nitrogens with zero attached hydrogens (tertiary/aromatic N) is 1. The lowest BCUT2D eigenvalue weighted by molar-refractivity contribution is -0.283. The number of esters is 2. The molecule has 17 nitrogen and oxygen atoms in total. The minimum absolute atomic E-state index is 0.000496. The third kappa shape index (κ3) is 16.1. The molecule has 4 fully saturated rings. The summed E-state index contributed by atoms with van der Waals surface area (Å²) < 4.78 is 47.6. The number of cyclic esters (lactones) is 1. The molecular weight excluding hydrogens is 979 g/mol. The Balaban J connectivity index is 1.43. The van der Waals surface area contributed by atoms with Crippen molar-refractivity contribution in [1.29, 1.82) is 0 Å². The molecule has 0 aromatic heterocycles. The lowest BCUT2D eigenvalue weighted by Gasteiger charge is -2.43. The highest BCUT2D eigenvalue weighted by Gasteiger charge is 2.53. The molecule has 5 rings (SSSR count). The fourth-order valence-corrected chi connectivity index (χ4v) is 11.4. The molecule has 76 heavy (non-hydrogen) atoms. The van der Waals surface area contributed by atoms with Gasteiger partial charge in [-0.05, 0) is 128 Å². The Kier molecular flexibility index (Phi) is 23.0. The number of carbonyl (C=O) groups excluding carboxylic acids is 6. The Bertz CT molecular complexity index is 2140. The number of ether oxygens (including phenoxy) is 8. The van der Waals surface area contributed by atoms with Crippen molar-refractivity contribution in [1.82, 2.24) is 4.90 Å². The van der Waals surface area contributed by atoms with Gasteiger partial charge in [0.1, 0.15) is 41.7 Å². The molecule has 1 amide bonds. The van der Waals surface area contributed by atoms with E-state index in [1.807, 2.05) is 58.1 Å². The number of amides is 1. The van der Waals surface area contributed by atoms with Crippen molar-refractivity contribution in [3.8, 4) is 0 Å². The van der Waals surface area contributed by atoms with E-state index in [0.29, 0.717) is 69.8 Å². The van der Waals surface area contributed by atoms with Gasteiger partial charge in [-0.2, -0.15) is 0 Å². The van der Waals surface area contributed by atoms with Crippen molar-refractivity contribution in [2.24, 2.45) is 40.9 Å². The summed E-state index contributed by atoms with van der Waals surface area (Å²) in [5.74, 6) is -9.63. The zero-order chi connectivity index (χ0) is 56.3. The quantitative estimate of drug-likeness (QED) is 0.136. The largest absolute Gasteiger partial charge is 0.460 e. The monoisotopic (exact) mass is 1070 g/mol. The maximum absolute atomic E-state index is 14.6. The van der Waals surface area contributed by atoms with Crippen LogP contribution in [0.25, 0.3) is 0 Å². The van der Waals surface area contributed by atoms with Crippen LogP contribution in [-0.2, 0) is 66.7 Å². The average Bonchev–Trinajstić information content (AvgIpc) is 3.39. The van der Waals surface area contributed by atoms with Gasteiger partial charge in [-0.1, -0.05) is 71.1 Å². The molecule has 0 aromatic carbocycles. The topological polar surface area (TPSA) is 220 Å². The number of hydrogen-bond acceptors (Lipinski definition) is 16. The van der Waals surface area contributed by atoms with Gasteiger partial charge in [0.15, 0.2) is 11.6 Å². The first-order chi connectivity index (χ1) is 35.8. The smallest absolute Gasteiger partial charge is 0.329 e. The van der Waals surface area contributed by atoms with Crippen LogP contribution in [0.3, 0.4) is 0 Å². The van der Waals surface area contributed by atoms with E-state index in [4.69, 9.17) is 37.9 Å². The number of hydrogen-bond donors (Lipinski definition) is 2. The molecule has 5 aliphatic rings. The van der Waals surface area contributed by atoms with Gasteiger partial charge in [0.25, 0.3) is 11.7 Å². The van der Waals surface area contributed by atoms with Crippen molar-refractivity contribution >= 4 is 35.2 Å². The third-order valence-electron chi connectivity index (χ3n) is 16.7. The highest BCUT2D eigenvalue weighted by molar-refractivity contribution is 6.39. The zero-order valence-corrected chi connectivity index (χ0v) is 47.7. The lowest BCUT2D eigenvalue weighted by Crippen LogP contribution is -2.61. The Morgan fingerprint density at radius 3 is 2.18 bits per heavy atom. The van der Waals surface area contributed by atoms with Crippen molar-refractivity contribution in [3.05, 3.63) is 47.6 Å². The van der Waals surface area contributed by atoms with E-state index in [9.17, 15) is 39.0 Å². The molecule has 0 radical (unpaired) electrons. The average molecular weight is 1070 g/mol. The van der Waals surface area contributed by atoms with E-state index >= 15 is 0 Å².